The van der Waals surface area contributed by atoms with Crippen LogP contribution in [0.1, 0.15) is 111 Å². The lowest BCUT2D eigenvalue weighted by molar-refractivity contribution is -0.127. The van der Waals surface area contributed by atoms with E-state index in [9.17, 15) is 9.18 Å². The second-order valence-electron chi connectivity index (χ2n) is 11.8. The first kappa shape index (κ1) is 35.2. The average Bonchev–Trinajstić information content (AvgIpc) is 2.97. The van der Waals surface area contributed by atoms with E-state index < -0.39 is 0 Å². The van der Waals surface area contributed by atoms with Crippen molar-refractivity contribution in [2.24, 2.45) is 0 Å². The van der Waals surface area contributed by atoms with Gasteiger partial charge in [-0.1, -0.05) is 44.4 Å². The predicted molar refractivity (Wildman–Crippen MR) is 178 cm³/mol. The molecule has 0 saturated carbocycles. The van der Waals surface area contributed by atoms with Crippen LogP contribution in [0.4, 0.5) is 10.1 Å². The van der Waals surface area contributed by atoms with E-state index in [2.05, 4.69) is 49.8 Å². The summed E-state index contributed by atoms with van der Waals surface area (Å²) in [5.74, 6) is -0.0359. The van der Waals surface area contributed by atoms with Gasteiger partial charge in [0.2, 0.25) is 5.91 Å². The second kappa shape index (κ2) is 17.8. The molecule has 2 aromatic rings. The van der Waals surface area contributed by atoms with Gasteiger partial charge in [-0.2, -0.15) is 0 Å². The Morgan fingerprint density at radius 2 is 1.76 bits per heavy atom. The molecule has 42 heavy (non-hydrogen) atoms. The van der Waals surface area contributed by atoms with Gasteiger partial charge in [0.15, 0.2) is 0 Å². The number of benzene rings is 1. The van der Waals surface area contributed by atoms with Gasteiger partial charge < -0.3 is 15.1 Å². The fourth-order valence-corrected chi connectivity index (χ4v) is 5.24. The number of allylic oxidation sites excluding steroid dienone is 4. The van der Waals surface area contributed by atoms with Gasteiger partial charge in [-0.15, -0.1) is 0 Å². The van der Waals surface area contributed by atoms with E-state index in [0.717, 1.165) is 72.7 Å². The summed E-state index contributed by atoms with van der Waals surface area (Å²) in [4.78, 5) is 20.3. The smallest absolute Gasteiger partial charge is 0.223 e. The first-order chi connectivity index (χ1) is 20.0. The number of anilines is 1. The van der Waals surface area contributed by atoms with Crippen molar-refractivity contribution in [3.63, 3.8) is 0 Å². The molecule has 1 aromatic heterocycles. The number of aryl methyl sites for hydroxylation is 1. The summed E-state index contributed by atoms with van der Waals surface area (Å²) in [6, 6.07) is 12.3. The molecule has 0 bridgehead atoms. The Kier molecular flexibility index (Phi) is 15.0. The molecule has 2 heterocycles. The number of aromatic nitrogens is 1. The molecule has 0 spiro atoms. The lowest BCUT2D eigenvalue weighted by atomic mass is 9.98. The molecule has 1 aliphatic rings. The fourth-order valence-electron chi connectivity index (χ4n) is 5.24. The summed E-state index contributed by atoms with van der Waals surface area (Å²) in [5, 5.41) is 3.45. The number of carbonyl (C=O) groups excluding carboxylic acids is 1. The monoisotopic (exact) mass is 578 g/mol. The van der Waals surface area contributed by atoms with Gasteiger partial charge in [-0.3, -0.25) is 9.78 Å². The van der Waals surface area contributed by atoms with Crippen molar-refractivity contribution < 1.29 is 9.18 Å². The minimum Gasteiger partial charge on any atom is -0.380 e. The Hall–Kier alpha value is -2.99. The summed E-state index contributed by atoms with van der Waals surface area (Å²) in [5.41, 5.74) is 6.90. The number of nitrogens with one attached hydrogen (secondary N) is 1. The van der Waals surface area contributed by atoms with Crippen molar-refractivity contribution in [1.82, 2.24) is 14.8 Å². The highest BCUT2D eigenvalue weighted by molar-refractivity contribution is 5.88. The zero-order valence-electron chi connectivity index (χ0n) is 27.7. The van der Waals surface area contributed by atoms with Gasteiger partial charge in [-0.05, 0) is 109 Å². The Bertz CT molecular complexity index is 1190. The highest BCUT2D eigenvalue weighted by Gasteiger charge is 2.21. The molecule has 1 fully saturated rings. The molecule has 1 N–H and O–H groups in total. The third-order valence-corrected chi connectivity index (χ3v) is 8.31. The van der Waals surface area contributed by atoms with Crippen LogP contribution in [0.25, 0.3) is 11.1 Å². The van der Waals surface area contributed by atoms with E-state index in [4.69, 9.17) is 0 Å². The predicted octanol–water partition coefficient (Wildman–Crippen LogP) is 9.10. The number of pyridine rings is 1. The number of hydrogen-bond donors (Lipinski definition) is 1. The van der Waals surface area contributed by atoms with Crippen molar-refractivity contribution in [2.45, 2.75) is 113 Å². The highest BCUT2D eigenvalue weighted by atomic mass is 19.1. The molecule has 1 aromatic carbocycles. The maximum absolute atomic E-state index is 14.5. The number of hydrogen-bond acceptors (Lipinski definition) is 4. The minimum atomic E-state index is -0.186. The molecule has 1 saturated heterocycles. The van der Waals surface area contributed by atoms with Crippen LogP contribution in [0.5, 0.6) is 0 Å². The number of likely N-dealkylation sites (tertiary alicyclic amines) is 1. The number of carbonyl (C=O) groups is 1. The van der Waals surface area contributed by atoms with Crippen molar-refractivity contribution in [2.75, 3.05) is 25.0 Å². The lowest BCUT2D eigenvalue weighted by Crippen LogP contribution is -2.42. The van der Waals surface area contributed by atoms with Crippen molar-refractivity contribution in [3.8, 4) is 0 Å². The van der Waals surface area contributed by atoms with E-state index in [-0.39, 0.29) is 11.7 Å². The van der Waals surface area contributed by atoms with E-state index >= 15 is 0 Å². The summed E-state index contributed by atoms with van der Waals surface area (Å²) in [6.45, 7) is 21.4. The third kappa shape index (κ3) is 11.0. The van der Waals surface area contributed by atoms with E-state index in [1.165, 1.54) is 19.3 Å². The molecule has 6 heteroatoms. The second-order valence-corrected chi connectivity index (χ2v) is 11.8. The zero-order chi connectivity index (χ0) is 31.2. The van der Waals surface area contributed by atoms with Gasteiger partial charge >= 0.3 is 0 Å². The summed E-state index contributed by atoms with van der Waals surface area (Å²) in [7, 11) is 0. The van der Waals surface area contributed by atoms with Gasteiger partial charge in [0.25, 0.3) is 0 Å². The molecule has 232 valence electrons. The standard InChI is InChI=1S/C24H32FN3.C12H23NO/c1-16(2)28-13-11-21(12-14-28)27-24-15-20(9-10-22(24)25)18(4)19(5)23-8-6-7-17(3)26-23;1-5-7-8-9-10-13(12(4)14)11(3)6-2/h6-10,15-16,21,27H,11-14H2,1-5H3;6H,5,7-10H2,1-4H3/b19-18-;11-6+. The van der Waals surface area contributed by atoms with Crippen LogP contribution in [-0.4, -0.2) is 52.4 Å². The molecular formula is C36H55FN4O. The lowest BCUT2D eigenvalue weighted by Gasteiger charge is -2.35. The third-order valence-electron chi connectivity index (χ3n) is 8.31. The quantitative estimate of drug-likeness (QED) is 0.270. The van der Waals surface area contributed by atoms with Crippen molar-refractivity contribution in [1.29, 1.82) is 0 Å². The molecule has 5 nitrogen and oxygen atoms in total. The van der Waals surface area contributed by atoms with Crippen LogP contribution >= 0.6 is 0 Å². The number of unbranched alkanes of at least 4 members (excludes halogenated alkanes) is 3. The molecule has 0 unspecified atom stereocenters. The van der Waals surface area contributed by atoms with Gasteiger partial charge in [0, 0.05) is 50.0 Å². The minimum absolute atomic E-state index is 0.150. The van der Waals surface area contributed by atoms with Crippen LogP contribution in [0.3, 0.4) is 0 Å². The van der Waals surface area contributed by atoms with Crippen LogP contribution in [0.15, 0.2) is 48.2 Å². The Labute approximate surface area is 255 Å². The Balaban J connectivity index is 0.000000374. The summed E-state index contributed by atoms with van der Waals surface area (Å²) < 4.78 is 14.5. The van der Waals surface area contributed by atoms with Crippen LogP contribution in [0, 0.1) is 12.7 Å². The molecule has 0 aliphatic carbocycles. The van der Waals surface area contributed by atoms with Gasteiger partial charge in [0.05, 0.1) is 11.4 Å². The molecule has 0 radical (unpaired) electrons. The first-order valence-corrected chi connectivity index (χ1v) is 15.8. The largest absolute Gasteiger partial charge is 0.380 e. The SMILES string of the molecule is C/C(=C(\C)c1cccc(C)n1)c1ccc(F)c(NC2CCN(C(C)C)CC2)c1.C/C=C(\C)N(CCCCCC)C(C)=O. The zero-order valence-corrected chi connectivity index (χ0v) is 27.7. The van der Waals surface area contributed by atoms with E-state index in [1.807, 2.05) is 62.1 Å². The van der Waals surface area contributed by atoms with Gasteiger partial charge in [0.1, 0.15) is 5.82 Å². The molecular weight excluding hydrogens is 523 g/mol. The number of amides is 1. The van der Waals surface area contributed by atoms with Gasteiger partial charge in [-0.25, -0.2) is 4.39 Å². The normalized spacial score (nSPS) is 15.2. The Morgan fingerprint density at radius 1 is 1.07 bits per heavy atom. The topological polar surface area (TPSA) is 48.5 Å². The van der Waals surface area contributed by atoms with Crippen LogP contribution in [0.2, 0.25) is 0 Å². The van der Waals surface area contributed by atoms with Crippen molar-refractivity contribution in [3.05, 3.63) is 70.9 Å². The summed E-state index contributed by atoms with van der Waals surface area (Å²) in [6.07, 6.45) is 8.91. The maximum atomic E-state index is 14.5. The number of rotatable bonds is 11. The van der Waals surface area contributed by atoms with E-state index in [0.29, 0.717) is 17.8 Å². The number of nitrogens with zero attached hydrogens (tertiary/aromatic N) is 3. The molecule has 0 atom stereocenters. The van der Waals surface area contributed by atoms with Crippen LogP contribution < -0.4 is 5.32 Å². The highest BCUT2D eigenvalue weighted by Crippen LogP contribution is 2.29. The Morgan fingerprint density at radius 3 is 2.33 bits per heavy atom. The fraction of sp³-hybridized carbons (Fsp3) is 0.556. The van der Waals surface area contributed by atoms with E-state index in [1.54, 1.807) is 13.0 Å². The molecule has 1 aliphatic heterocycles. The molecule has 1 amide bonds. The van der Waals surface area contributed by atoms with Crippen molar-refractivity contribution >= 4 is 22.7 Å². The summed E-state index contributed by atoms with van der Waals surface area (Å²) >= 11 is 0. The number of piperidine rings is 1. The number of halogens is 1. The first-order valence-electron chi connectivity index (χ1n) is 15.8. The van der Waals surface area contributed by atoms with Crippen LogP contribution in [-0.2, 0) is 4.79 Å². The maximum Gasteiger partial charge on any atom is 0.223 e. The molecule has 3 rings (SSSR count). The average molecular weight is 579 g/mol.